The molecule has 1 N–H and O–H groups in total. The lowest BCUT2D eigenvalue weighted by Gasteiger charge is -2.24. The van der Waals surface area contributed by atoms with Gasteiger partial charge in [-0.25, -0.2) is 4.79 Å². The molecule has 0 spiro atoms. The van der Waals surface area contributed by atoms with Crippen LogP contribution in [0.2, 0.25) is 10.0 Å². The van der Waals surface area contributed by atoms with Gasteiger partial charge < -0.3 is 19.4 Å². The molecule has 1 atom stereocenters. The zero-order valence-electron chi connectivity index (χ0n) is 17.3. The van der Waals surface area contributed by atoms with Crippen molar-refractivity contribution in [3.63, 3.8) is 0 Å². The van der Waals surface area contributed by atoms with E-state index in [1.54, 1.807) is 29.7 Å². The molecule has 0 radical (unpaired) electrons. The van der Waals surface area contributed by atoms with Crippen LogP contribution in [0.4, 0.5) is 26.7 Å². The van der Waals surface area contributed by atoms with Crippen molar-refractivity contribution in [3.05, 3.63) is 33.9 Å². The van der Waals surface area contributed by atoms with Crippen LogP contribution in [-0.2, 0) is 11.3 Å². The second-order valence-electron chi connectivity index (χ2n) is 7.49. The molecular weight excluding hydrogens is 496 g/mol. The van der Waals surface area contributed by atoms with E-state index in [2.05, 4.69) is 4.98 Å². The predicted octanol–water partition coefficient (Wildman–Crippen LogP) is 6.02. The molecule has 0 saturated carbocycles. The van der Waals surface area contributed by atoms with Crippen molar-refractivity contribution < 1.29 is 36.2 Å². The molecule has 13 heteroatoms. The molecule has 33 heavy (non-hydrogen) atoms. The molecule has 1 aromatic heterocycles. The Balaban J connectivity index is 1.87. The second kappa shape index (κ2) is 10.0. The molecule has 182 valence electrons. The molecular formula is C20H20Cl2F5N3O3. The van der Waals surface area contributed by atoms with Gasteiger partial charge in [-0.3, -0.25) is 0 Å². The Bertz CT molecular complexity index is 1010. The van der Waals surface area contributed by atoms with Crippen LogP contribution in [0.25, 0.3) is 11.4 Å². The highest BCUT2D eigenvalue weighted by atomic mass is 35.5. The van der Waals surface area contributed by atoms with E-state index >= 15 is 0 Å². The predicted molar refractivity (Wildman–Crippen MR) is 111 cm³/mol. The lowest BCUT2D eigenvalue weighted by atomic mass is 10.1. The zero-order chi connectivity index (χ0) is 24.4. The Hall–Kier alpha value is -2.11. The lowest BCUT2D eigenvalue weighted by molar-refractivity contribution is -0.278. The monoisotopic (exact) mass is 515 g/mol. The van der Waals surface area contributed by atoms with Gasteiger partial charge in [-0.15, -0.1) is 0 Å². The minimum absolute atomic E-state index is 0.157. The minimum Gasteiger partial charge on any atom is -0.389 e. The number of aromatic nitrogens is 2. The Labute approximate surface area is 196 Å². The van der Waals surface area contributed by atoms with Crippen molar-refractivity contribution in [3.8, 4) is 17.3 Å². The van der Waals surface area contributed by atoms with Gasteiger partial charge in [0.2, 0.25) is 5.88 Å². The van der Waals surface area contributed by atoms with Gasteiger partial charge in [-0.1, -0.05) is 23.2 Å². The number of nitrogens with one attached hydrogen (secondary N) is 1. The normalized spacial score (nSPS) is 17.2. The maximum atomic E-state index is 13.1. The number of amides is 1. The van der Waals surface area contributed by atoms with Crippen LogP contribution in [0.15, 0.2) is 18.2 Å². The van der Waals surface area contributed by atoms with Crippen LogP contribution in [-0.4, -0.2) is 47.0 Å². The van der Waals surface area contributed by atoms with Crippen LogP contribution in [0.1, 0.15) is 25.0 Å². The molecule has 1 unspecified atom stereocenters. The number of alkyl halides is 5. The number of ether oxygens (including phenoxy) is 2. The van der Waals surface area contributed by atoms with Crippen LogP contribution in [0, 0.1) is 6.92 Å². The van der Waals surface area contributed by atoms with Gasteiger partial charge >= 0.3 is 18.2 Å². The Morgan fingerprint density at radius 1 is 1.27 bits per heavy atom. The highest BCUT2D eigenvalue weighted by Crippen LogP contribution is 2.36. The first-order valence-electron chi connectivity index (χ1n) is 9.93. The van der Waals surface area contributed by atoms with E-state index in [-0.39, 0.29) is 17.8 Å². The fourth-order valence-electron chi connectivity index (χ4n) is 3.27. The van der Waals surface area contributed by atoms with E-state index in [9.17, 15) is 26.7 Å². The summed E-state index contributed by atoms with van der Waals surface area (Å²) in [6.45, 7) is 0.502. The average molecular weight is 516 g/mol. The number of hydrogen-bond donors (Lipinski definition) is 1. The first kappa shape index (κ1) is 25.5. The number of benzene rings is 1. The van der Waals surface area contributed by atoms with Crippen molar-refractivity contribution in [2.45, 2.75) is 50.9 Å². The van der Waals surface area contributed by atoms with Crippen LogP contribution in [0.5, 0.6) is 5.88 Å². The fraction of sp³-hybridized carbons (Fsp3) is 0.500. The number of nitrogens with zero attached hydrogens (tertiary/aromatic N) is 2. The van der Waals surface area contributed by atoms with Gasteiger partial charge in [-0.05, 0) is 44.4 Å². The summed E-state index contributed by atoms with van der Waals surface area (Å²) in [5, 5.41) is 2.09. The first-order valence-corrected chi connectivity index (χ1v) is 10.7. The van der Waals surface area contributed by atoms with Crippen molar-refractivity contribution in [1.82, 2.24) is 14.9 Å². The molecule has 1 fully saturated rings. The molecule has 0 aliphatic carbocycles. The molecule has 1 aromatic carbocycles. The van der Waals surface area contributed by atoms with Gasteiger partial charge in [0.25, 0.3) is 0 Å². The molecule has 1 aliphatic heterocycles. The summed E-state index contributed by atoms with van der Waals surface area (Å²) in [4.78, 5) is 16.2. The van der Waals surface area contributed by atoms with Crippen LogP contribution in [0.3, 0.4) is 0 Å². The molecule has 1 amide bonds. The van der Waals surface area contributed by atoms with Gasteiger partial charge in [0.15, 0.2) is 0 Å². The standard InChI is InChI=1S/C20H20Cl2F5N3O3/c1-11-17(33-18(31)28-10-19(23,24)20(25,26)27)29-16(14-8-12(21)5-6-15(14)22)30(11)9-13-4-2-3-7-32-13/h5-6,8,13H,2-4,7,9-10H2,1H3,(H,28,31). The van der Waals surface area contributed by atoms with E-state index in [1.165, 1.54) is 5.32 Å². The SMILES string of the molecule is Cc1c(OC(=O)NCC(F)(F)C(F)(F)F)nc(-c2cc(Cl)ccc2Cl)n1CC1CCCCO1. The summed E-state index contributed by atoms with van der Waals surface area (Å²) in [5.41, 5.74) is 0.745. The summed E-state index contributed by atoms with van der Waals surface area (Å²) >= 11 is 12.4. The summed E-state index contributed by atoms with van der Waals surface area (Å²) in [6, 6.07) is 4.68. The van der Waals surface area contributed by atoms with Crippen LogP contribution < -0.4 is 10.1 Å². The molecule has 1 aliphatic rings. The summed E-state index contributed by atoms with van der Waals surface area (Å²) in [7, 11) is 0. The molecule has 2 heterocycles. The fourth-order valence-corrected chi connectivity index (χ4v) is 3.64. The lowest BCUT2D eigenvalue weighted by Crippen LogP contribution is -2.47. The molecule has 3 rings (SSSR count). The third-order valence-corrected chi connectivity index (χ3v) is 5.63. The minimum atomic E-state index is -5.81. The smallest absolute Gasteiger partial charge is 0.389 e. The van der Waals surface area contributed by atoms with Crippen molar-refractivity contribution >= 4 is 29.3 Å². The first-order chi connectivity index (χ1) is 15.4. The number of hydrogen-bond acceptors (Lipinski definition) is 4. The topological polar surface area (TPSA) is 65.4 Å². The molecule has 1 saturated heterocycles. The Kier molecular flexibility index (Phi) is 7.75. The molecule has 2 aromatic rings. The highest BCUT2D eigenvalue weighted by Gasteiger charge is 2.57. The largest absolute Gasteiger partial charge is 0.455 e. The molecule has 0 bridgehead atoms. The van der Waals surface area contributed by atoms with Gasteiger partial charge in [0, 0.05) is 17.2 Å². The van der Waals surface area contributed by atoms with E-state index in [0.29, 0.717) is 34.5 Å². The van der Waals surface area contributed by atoms with Crippen molar-refractivity contribution in [2.24, 2.45) is 0 Å². The maximum Gasteiger partial charge on any atom is 0.455 e. The highest BCUT2D eigenvalue weighted by molar-refractivity contribution is 6.35. The van der Waals surface area contributed by atoms with E-state index in [1.807, 2.05) is 0 Å². The summed E-state index contributed by atoms with van der Waals surface area (Å²) in [6.07, 6.45) is -4.80. The van der Waals surface area contributed by atoms with E-state index < -0.39 is 24.7 Å². The zero-order valence-corrected chi connectivity index (χ0v) is 18.8. The number of rotatable bonds is 6. The Morgan fingerprint density at radius 3 is 2.64 bits per heavy atom. The molecule has 6 nitrogen and oxygen atoms in total. The average Bonchev–Trinajstić information content (AvgIpc) is 3.03. The van der Waals surface area contributed by atoms with Crippen LogP contribution >= 0.6 is 23.2 Å². The van der Waals surface area contributed by atoms with E-state index in [4.69, 9.17) is 32.7 Å². The number of halogens is 7. The number of carbonyl (C=O) groups is 1. The number of imidazole rings is 1. The summed E-state index contributed by atoms with van der Waals surface area (Å²) in [5.74, 6) is -5.11. The third kappa shape index (κ3) is 6.07. The number of carbonyl (C=O) groups excluding carboxylic acids is 1. The van der Waals surface area contributed by atoms with Gasteiger partial charge in [-0.2, -0.15) is 26.9 Å². The van der Waals surface area contributed by atoms with Gasteiger partial charge in [0.1, 0.15) is 5.82 Å². The maximum absolute atomic E-state index is 13.1. The van der Waals surface area contributed by atoms with Gasteiger partial charge in [0.05, 0.1) is 29.9 Å². The third-order valence-electron chi connectivity index (χ3n) is 5.07. The van der Waals surface area contributed by atoms with E-state index in [0.717, 1.165) is 19.3 Å². The second-order valence-corrected chi connectivity index (χ2v) is 8.34. The van der Waals surface area contributed by atoms with Crippen molar-refractivity contribution in [1.29, 1.82) is 0 Å². The van der Waals surface area contributed by atoms with Crippen molar-refractivity contribution in [2.75, 3.05) is 13.2 Å². The quantitative estimate of drug-likeness (QED) is 0.477. The Morgan fingerprint density at radius 2 is 2.00 bits per heavy atom. The summed E-state index contributed by atoms with van der Waals surface area (Å²) < 4.78 is 75.5.